The van der Waals surface area contributed by atoms with Crippen molar-refractivity contribution >= 4 is 5.91 Å². The number of amides is 1. The molecule has 2 aliphatic carbocycles. The van der Waals surface area contributed by atoms with Crippen LogP contribution in [-0.4, -0.2) is 38.3 Å². The van der Waals surface area contributed by atoms with Crippen molar-refractivity contribution in [3.05, 3.63) is 0 Å². The summed E-state index contributed by atoms with van der Waals surface area (Å²) in [5.74, 6) is 0.577. The monoisotopic (exact) mass is 280 g/mol. The summed E-state index contributed by atoms with van der Waals surface area (Å²) in [6.07, 6.45) is 10.00. The minimum Gasteiger partial charge on any atom is -0.378 e. The quantitative estimate of drug-likeness (QED) is 0.730. The summed E-state index contributed by atoms with van der Waals surface area (Å²) in [5.41, 5.74) is 0.357. The third kappa shape index (κ3) is 3.34. The lowest BCUT2D eigenvalue weighted by Crippen LogP contribution is -2.34. The highest BCUT2D eigenvalue weighted by molar-refractivity contribution is 5.82. The summed E-state index contributed by atoms with van der Waals surface area (Å²) in [7, 11) is 0. The second kappa shape index (κ2) is 6.44. The molecule has 0 bridgehead atoms. The second-order valence-corrected chi connectivity index (χ2v) is 6.79. The Hall–Kier alpha value is -0.610. The summed E-state index contributed by atoms with van der Waals surface area (Å²) in [5, 5.41) is 6.48. The molecule has 1 heterocycles. The number of carbonyl (C=O) groups is 1. The zero-order valence-corrected chi connectivity index (χ0v) is 12.5. The number of ether oxygens (including phenoxy) is 1. The van der Waals surface area contributed by atoms with E-state index < -0.39 is 0 Å². The summed E-state index contributed by atoms with van der Waals surface area (Å²) < 4.78 is 5.81. The smallest absolute Gasteiger partial charge is 0.223 e. The maximum absolute atomic E-state index is 12.1. The Labute approximate surface area is 122 Å². The van der Waals surface area contributed by atoms with Gasteiger partial charge in [0.05, 0.1) is 6.10 Å². The van der Waals surface area contributed by atoms with Crippen molar-refractivity contribution < 1.29 is 9.53 Å². The molecular weight excluding hydrogens is 252 g/mol. The molecule has 1 amide bonds. The molecule has 1 saturated heterocycles. The summed E-state index contributed by atoms with van der Waals surface area (Å²) in [4.78, 5) is 12.1. The van der Waals surface area contributed by atoms with E-state index >= 15 is 0 Å². The molecule has 1 spiro atoms. The maximum Gasteiger partial charge on any atom is 0.223 e. The number of hydrogen-bond donors (Lipinski definition) is 2. The lowest BCUT2D eigenvalue weighted by Gasteiger charge is -2.23. The van der Waals surface area contributed by atoms with E-state index in [1.165, 1.54) is 38.5 Å². The van der Waals surface area contributed by atoms with Gasteiger partial charge in [0.25, 0.3) is 0 Å². The van der Waals surface area contributed by atoms with Gasteiger partial charge in [-0.3, -0.25) is 4.79 Å². The molecule has 0 aromatic heterocycles. The number of piperidine rings is 1. The van der Waals surface area contributed by atoms with E-state index in [0.717, 1.165) is 39.1 Å². The van der Waals surface area contributed by atoms with Crippen LogP contribution in [0, 0.1) is 11.3 Å². The Morgan fingerprint density at radius 3 is 2.75 bits per heavy atom. The highest BCUT2D eigenvalue weighted by Gasteiger charge is 2.57. The first-order valence-corrected chi connectivity index (χ1v) is 8.40. The second-order valence-electron chi connectivity index (χ2n) is 6.79. The highest BCUT2D eigenvalue weighted by atomic mass is 16.5. The normalized spacial score (nSPS) is 28.7. The number of carbonyl (C=O) groups excluding carboxylic acids is 1. The topological polar surface area (TPSA) is 50.4 Å². The fourth-order valence-electron chi connectivity index (χ4n) is 3.91. The predicted molar refractivity (Wildman–Crippen MR) is 78.5 cm³/mol. The van der Waals surface area contributed by atoms with Crippen molar-refractivity contribution in [3.63, 3.8) is 0 Å². The predicted octanol–water partition coefficient (Wildman–Crippen LogP) is 1.84. The molecule has 3 aliphatic rings. The van der Waals surface area contributed by atoms with Crippen LogP contribution in [0.2, 0.25) is 0 Å². The molecule has 2 saturated carbocycles. The number of rotatable bonds is 6. The molecule has 114 valence electrons. The van der Waals surface area contributed by atoms with Gasteiger partial charge in [-0.25, -0.2) is 0 Å². The Balaban J connectivity index is 1.26. The van der Waals surface area contributed by atoms with Gasteiger partial charge in [-0.1, -0.05) is 12.8 Å². The first-order chi connectivity index (χ1) is 9.80. The van der Waals surface area contributed by atoms with Crippen LogP contribution in [0.5, 0.6) is 0 Å². The van der Waals surface area contributed by atoms with Crippen molar-refractivity contribution in [2.24, 2.45) is 11.3 Å². The summed E-state index contributed by atoms with van der Waals surface area (Å²) in [6, 6.07) is 0. The van der Waals surface area contributed by atoms with Gasteiger partial charge in [-0.05, 0) is 57.0 Å². The molecule has 3 fully saturated rings. The van der Waals surface area contributed by atoms with Crippen LogP contribution in [0.25, 0.3) is 0 Å². The molecular formula is C16H28N2O2. The summed E-state index contributed by atoms with van der Waals surface area (Å²) in [6.45, 7) is 3.74. The van der Waals surface area contributed by atoms with Crippen molar-refractivity contribution in [1.29, 1.82) is 0 Å². The SMILES string of the molecule is O=C(NCCCOC1CCCC1)[C@@H]1CC12CCNCC2. The van der Waals surface area contributed by atoms with Crippen LogP contribution in [0.15, 0.2) is 0 Å². The van der Waals surface area contributed by atoms with Crippen molar-refractivity contribution in [2.45, 2.75) is 57.5 Å². The van der Waals surface area contributed by atoms with E-state index in [0.29, 0.717) is 17.4 Å². The van der Waals surface area contributed by atoms with Crippen molar-refractivity contribution in [2.75, 3.05) is 26.2 Å². The summed E-state index contributed by atoms with van der Waals surface area (Å²) >= 11 is 0. The van der Waals surface area contributed by atoms with Gasteiger partial charge in [-0.2, -0.15) is 0 Å². The first kappa shape index (κ1) is 14.3. The minimum atomic E-state index is 0.285. The highest BCUT2D eigenvalue weighted by Crippen LogP contribution is 2.58. The van der Waals surface area contributed by atoms with Crippen LogP contribution in [-0.2, 0) is 9.53 Å². The van der Waals surface area contributed by atoms with Crippen LogP contribution < -0.4 is 10.6 Å². The van der Waals surface area contributed by atoms with E-state index in [4.69, 9.17) is 4.74 Å². The van der Waals surface area contributed by atoms with Gasteiger partial charge in [-0.15, -0.1) is 0 Å². The van der Waals surface area contributed by atoms with E-state index in [1.807, 2.05) is 0 Å². The minimum absolute atomic E-state index is 0.285. The van der Waals surface area contributed by atoms with Gasteiger partial charge in [0, 0.05) is 19.1 Å². The lowest BCUT2D eigenvalue weighted by atomic mass is 9.92. The van der Waals surface area contributed by atoms with Crippen LogP contribution in [0.3, 0.4) is 0 Å². The molecule has 2 N–H and O–H groups in total. The third-order valence-corrected chi connectivity index (χ3v) is 5.38. The van der Waals surface area contributed by atoms with E-state index in [1.54, 1.807) is 0 Å². The van der Waals surface area contributed by atoms with Gasteiger partial charge in [0.2, 0.25) is 5.91 Å². The van der Waals surface area contributed by atoms with Gasteiger partial charge >= 0.3 is 0 Å². The average Bonchev–Trinajstić information content (AvgIpc) is 2.92. The molecule has 0 aromatic carbocycles. The Morgan fingerprint density at radius 2 is 2.00 bits per heavy atom. The maximum atomic E-state index is 12.1. The molecule has 4 heteroatoms. The average molecular weight is 280 g/mol. The molecule has 4 nitrogen and oxygen atoms in total. The fraction of sp³-hybridized carbons (Fsp3) is 0.938. The fourth-order valence-corrected chi connectivity index (χ4v) is 3.91. The lowest BCUT2D eigenvalue weighted by molar-refractivity contribution is -0.123. The van der Waals surface area contributed by atoms with Crippen molar-refractivity contribution in [1.82, 2.24) is 10.6 Å². The largest absolute Gasteiger partial charge is 0.378 e. The van der Waals surface area contributed by atoms with Crippen molar-refractivity contribution in [3.8, 4) is 0 Å². The van der Waals surface area contributed by atoms with Gasteiger partial charge in [0.15, 0.2) is 0 Å². The number of hydrogen-bond acceptors (Lipinski definition) is 3. The Kier molecular flexibility index (Phi) is 4.61. The molecule has 1 atom stereocenters. The number of nitrogens with one attached hydrogen (secondary N) is 2. The molecule has 20 heavy (non-hydrogen) atoms. The van der Waals surface area contributed by atoms with E-state index in [9.17, 15) is 4.79 Å². The molecule has 1 aliphatic heterocycles. The van der Waals surface area contributed by atoms with Crippen LogP contribution >= 0.6 is 0 Å². The molecule has 3 rings (SSSR count). The van der Waals surface area contributed by atoms with E-state index in [2.05, 4.69) is 10.6 Å². The first-order valence-electron chi connectivity index (χ1n) is 8.40. The third-order valence-electron chi connectivity index (χ3n) is 5.38. The van der Waals surface area contributed by atoms with Gasteiger partial charge in [0.1, 0.15) is 0 Å². The zero-order valence-electron chi connectivity index (χ0n) is 12.5. The standard InChI is InChI=1S/C16H28N2O2/c19-15(14-12-16(14)6-9-17-10-7-16)18-8-3-11-20-13-4-1-2-5-13/h13-14,17H,1-12H2,(H,18,19)/t14-/m0/s1. The molecule has 0 radical (unpaired) electrons. The van der Waals surface area contributed by atoms with Crippen LogP contribution in [0.4, 0.5) is 0 Å². The van der Waals surface area contributed by atoms with Crippen LogP contribution in [0.1, 0.15) is 51.4 Å². The Morgan fingerprint density at radius 1 is 1.25 bits per heavy atom. The zero-order chi connectivity index (χ0) is 13.8. The van der Waals surface area contributed by atoms with Gasteiger partial charge < -0.3 is 15.4 Å². The molecule has 0 aromatic rings. The Bertz CT molecular complexity index is 333. The molecule has 0 unspecified atom stereocenters. The van der Waals surface area contributed by atoms with E-state index in [-0.39, 0.29) is 5.91 Å².